The van der Waals surface area contributed by atoms with Crippen molar-refractivity contribution in [3.8, 4) is 0 Å². The zero-order valence-corrected chi connectivity index (χ0v) is 38.1. The molecule has 2 bridgehead atoms. The normalized spacial score (nSPS) is 23.8. The minimum atomic E-state index is 0.734. The van der Waals surface area contributed by atoms with Gasteiger partial charge in [-0.1, -0.05) is 24.6 Å². The fourth-order valence-electron chi connectivity index (χ4n) is 10.0. The highest BCUT2D eigenvalue weighted by Crippen LogP contribution is 2.23. The average molecular weight is 824 g/mol. The van der Waals surface area contributed by atoms with Crippen LogP contribution in [0.15, 0.2) is 18.2 Å². The SMILES string of the molecule is NCCCN1CCN(CCCNCCCCc2cc(CCCCCN3CCN(CCCNCCN)CC3)cc(CC3CCCN4CCN(CCCNCC3)CC4)c2)CC1. The van der Waals surface area contributed by atoms with E-state index in [1.54, 1.807) is 16.7 Å². The first kappa shape index (κ1) is 48.8. The van der Waals surface area contributed by atoms with Crippen LogP contribution in [0.2, 0.25) is 0 Å². The van der Waals surface area contributed by atoms with Crippen LogP contribution >= 0.6 is 0 Å². The summed E-state index contributed by atoms with van der Waals surface area (Å²) in [5.41, 5.74) is 16.1. The Balaban J connectivity index is 1.03. The summed E-state index contributed by atoms with van der Waals surface area (Å²) in [6.45, 7) is 30.4. The lowest BCUT2D eigenvalue weighted by Gasteiger charge is -2.35. The Hall–Kier alpha value is -1.22. The molecule has 1 aromatic rings. The van der Waals surface area contributed by atoms with E-state index in [-0.39, 0.29) is 0 Å². The van der Waals surface area contributed by atoms with Crippen LogP contribution in [0.25, 0.3) is 0 Å². The van der Waals surface area contributed by atoms with Gasteiger partial charge in [0.25, 0.3) is 0 Å². The molecule has 1 aromatic carbocycles. The fraction of sp³-hybridized carbons (Fsp3) is 0.875. The molecule has 0 amide bonds. The number of benzene rings is 1. The Kier molecular flexibility index (Phi) is 25.4. The van der Waals surface area contributed by atoms with E-state index in [1.165, 1.54) is 221 Å². The van der Waals surface area contributed by atoms with E-state index in [2.05, 4.69) is 63.5 Å². The Labute approximate surface area is 363 Å². The Morgan fingerprint density at radius 2 is 0.966 bits per heavy atom. The van der Waals surface area contributed by atoms with E-state index in [9.17, 15) is 0 Å². The Bertz CT molecular complexity index is 1160. The standard InChI is InChI=1S/C48H93N11/c49-15-7-25-56-33-39-57(40-34-56)26-8-18-51-17-4-3-12-47-42-46(11-2-1-5-23-54-29-35-59(36-30-54)28-10-20-53-22-16-50)43-48(44-47)41-45-13-6-24-55-31-37-58(38-32-55)27-9-19-52-21-14-45/h42-45,51-53H,1-41,49-50H2. The molecule has 0 aromatic heterocycles. The largest absolute Gasteiger partial charge is 0.330 e. The molecule has 7 N–H and O–H groups in total. The number of hydrogen-bond acceptors (Lipinski definition) is 11. The predicted octanol–water partition coefficient (Wildman–Crippen LogP) is 3.16. The molecule has 0 aliphatic carbocycles. The topological polar surface area (TPSA) is 108 Å². The lowest BCUT2D eigenvalue weighted by atomic mass is 9.89. The lowest BCUT2D eigenvalue weighted by molar-refractivity contribution is 0.127. The van der Waals surface area contributed by atoms with Crippen molar-refractivity contribution in [2.24, 2.45) is 17.4 Å². The number of nitrogens with one attached hydrogen (secondary N) is 3. The Morgan fingerprint density at radius 3 is 1.56 bits per heavy atom. The maximum atomic E-state index is 5.72. The van der Waals surface area contributed by atoms with Crippen LogP contribution in [0.5, 0.6) is 0 Å². The van der Waals surface area contributed by atoms with E-state index >= 15 is 0 Å². The molecule has 5 saturated heterocycles. The summed E-state index contributed by atoms with van der Waals surface area (Å²) in [7, 11) is 0. The molecule has 1 atom stereocenters. The molecular formula is C48H93N11. The van der Waals surface area contributed by atoms with Gasteiger partial charge in [-0.25, -0.2) is 0 Å². The first-order valence-corrected chi connectivity index (χ1v) is 25.1. The number of unbranched alkanes of at least 4 members (excludes halogenated alkanes) is 3. The molecule has 11 heteroatoms. The summed E-state index contributed by atoms with van der Waals surface area (Å²) < 4.78 is 0. The molecule has 11 nitrogen and oxygen atoms in total. The minimum absolute atomic E-state index is 0.734. The van der Waals surface area contributed by atoms with Crippen molar-refractivity contribution in [3.05, 3.63) is 34.9 Å². The summed E-state index contributed by atoms with van der Waals surface area (Å²) in [4.78, 5) is 16.0. The van der Waals surface area contributed by atoms with Crippen molar-refractivity contribution >= 4 is 0 Å². The number of hydrogen-bond donors (Lipinski definition) is 5. The molecular weight excluding hydrogens is 731 g/mol. The third-order valence-electron chi connectivity index (χ3n) is 13.8. The van der Waals surface area contributed by atoms with Gasteiger partial charge in [0, 0.05) is 91.6 Å². The van der Waals surface area contributed by atoms with Gasteiger partial charge in [-0.3, -0.25) is 0 Å². The second kappa shape index (κ2) is 30.8. The molecule has 0 spiro atoms. The monoisotopic (exact) mass is 824 g/mol. The van der Waals surface area contributed by atoms with Crippen LogP contribution in [0.1, 0.15) is 93.7 Å². The Morgan fingerprint density at radius 1 is 0.458 bits per heavy atom. The third-order valence-corrected chi connectivity index (χ3v) is 13.8. The number of nitrogens with two attached hydrogens (primary N) is 2. The highest BCUT2D eigenvalue weighted by molar-refractivity contribution is 5.31. The van der Waals surface area contributed by atoms with Crippen molar-refractivity contribution in [3.63, 3.8) is 0 Å². The lowest BCUT2D eigenvalue weighted by Crippen LogP contribution is -2.47. The summed E-state index contributed by atoms with van der Waals surface area (Å²) >= 11 is 0. The maximum Gasteiger partial charge on any atom is 0.0110 e. The van der Waals surface area contributed by atoms with Crippen LogP contribution in [0.4, 0.5) is 0 Å². The van der Waals surface area contributed by atoms with Crippen LogP contribution in [-0.4, -0.2) is 200 Å². The molecule has 0 radical (unpaired) electrons. The molecule has 59 heavy (non-hydrogen) atoms. The number of piperazine rings is 3. The molecule has 1 unspecified atom stereocenters. The van der Waals surface area contributed by atoms with Crippen LogP contribution in [0.3, 0.4) is 0 Å². The highest BCUT2D eigenvalue weighted by Gasteiger charge is 2.20. The van der Waals surface area contributed by atoms with Gasteiger partial charge in [0.15, 0.2) is 0 Å². The number of rotatable bonds is 26. The number of nitrogens with zero attached hydrogens (tertiary/aromatic N) is 6. The molecule has 6 rings (SSSR count). The summed E-state index contributed by atoms with van der Waals surface area (Å²) in [6, 6.07) is 7.82. The smallest absolute Gasteiger partial charge is 0.0110 e. The van der Waals surface area contributed by atoms with Gasteiger partial charge >= 0.3 is 0 Å². The van der Waals surface area contributed by atoms with Gasteiger partial charge < -0.3 is 56.8 Å². The molecule has 340 valence electrons. The van der Waals surface area contributed by atoms with Gasteiger partial charge in [0.2, 0.25) is 0 Å². The van der Waals surface area contributed by atoms with E-state index in [1.807, 2.05) is 0 Å². The van der Waals surface area contributed by atoms with Gasteiger partial charge in [0.05, 0.1) is 0 Å². The van der Waals surface area contributed by atoms with Gasteiger partial charge in [0.1, 0.15) is 0 Å². The van der Waals surface area contributed by atoms with Gasteiger partial charge in [-0.05, 0) is 191 Å². The minimum Gasteiger partial charge on any atom is -0.330 e. The van der Waals surface area contributed by atoms with E-state index in [0.29, 0.717) is 0 Å². The highest BCUT2D eigenvalue weighted by atomic mass is 15.3. The second-order valence-corrected chi connectivity index (χ2v) is 18.7. The van der Waals surface area contributed by atoms with Crippen molar-refractivity contribution in [1.29, 1.82) is 0 Å². The summed E-state index contributed by atoms with van der Waals surface area (Å²) in [5.74, 6) is 0.771. The zero-order chi connectivity index (χ0) is 41.0. The van der Waals surface area contributed by atoms with E-state index in [4.69, 9.17) is 11.5 Å². The quantitative estimate of drug-likeness (QED) is 0.0891. The van der Waals surface area contributed by atoms with E-state index in [0.717, 1.165) is 51.6 Å². The van der Waals surface area contributed by atoms with Gasteiger partial charge in [-0.2, -0.15) is 0 Å². The molecule has 5 fully saturated rings. The van der Waals surface area contributed by atoms with E-state index < -0.39 is 0 Å². The van der Waals surface area contributed by atoms with Crippen molar-refractivity contribution in [1.82, 2.24) is 45.3 Å². The molecule has 5 aliphatic rings. The van der Waals surface area contributed by atoms with Crippen molar-refractivity contribution in [2.75, 3.05) is 170 Å². The second-order valence-electron chi connectivity index (χ2n) is 18.7. The molecule has 5 aliphatic heterocycles. The molecule has 5 heterocycles. The molecule has 0 saturated carbocycles. The first-order valence-electron chi connectivity index (χ1n) is 25.1. The summed E-state index contributed by atoms with van der Waals surface area (Å²) in [5, 5.41) is 11.0. The van der Waals surface area contributed by atoms with Gasteiger partial charge in [-0.15, -0.1) is 0 Å². The third kappa shape index (κ3) is 21.1. The maximum absolute atomic E-state index is 5.72. The van der Waals surface area contributed by atoms with Crippen LogP contribution < -0.4 is 27.4 Å². The fourth-order valence-corrected chi connectivity index (χ4v) is 10.0. The number of fused-ring (bicyclic) bond motifs is 11. The average Bonchev–Trinajstić information content (AvgIpc) is 3.26. The van der Waals surface area contributed by atoms with Crippen LogP contribution in [0, 0.1) is 5.92 Å². The summed E-state index contributed by atoms with van der Waals surface area (Å²) in [6.07, 6.45) is 19.1. The first-order chi connectivity index (χ1) is 29.2. The predicted molar refractivity (Wildman–Crippen MR) is 252 cm³/mol. The van der Waals surface area contributed by atoms with Crippen LogP contribution in [-0.2, 0) is 19.3 Å². The zero-order valence-electron chi connectivity index (χ0n) is 38.1. The van der Waals surface area contributed by atoms with Crippen molar-refractivity contribution in [2.45, 2.75) is 96.3 Å². The van der Waals surface area contributed by atoms with Crippen molar-refractivity contribution < 1.29 is 0 Å². The number of aryl methyl sites for hydroxylation is 2.